The molecular formula is C13H15FO. The van der Waals surface area contributed by atoms with Crippen molar-refractivity contribution in [3.63, 3.8) is 0 Å². The molecule has 2 rings (SSSR count). The molecule has 1 nitrogen and oxygen atoms in total. The van der Waals surface area contributed by atoms with E-state index in [0.717, 1.165) is 24.8 Å². The predicted molar refractivity (Wildman–Crippen MR) is 57.4 cm³/mol. The van der Waals surface area contributed by atoms with Gasteiger partial charge in [0.1, 0.15) is 11.6 Å². The number of carbonyl (C=O) groups excluding carboxylic acids is 1. The van der Waals surface area contributed by atoms with Crippen molar-refractivity contribution < 1.29 is 9.18 Å². The molecule has 0 aliphatic heterocycles. The van der Waals surface area contributed by atoms with E-state index in [2.05, 4.69) is 0 Å². The van der Waals surface area contributed by atoms with Gasteiger partial charge in [-0.2, -0.15) is 0 Å². The van der Waals surface area contributed by atoms with Crippen molar-refractivity contribution in [1.82, 2.24) is 0 Å². The summed E-state index contributed by atoms with van der Waals surface area (Å²) in [4.78, 5) is 11.7. The number of benzene rings is 1. The van der Waals surface area contributed by atoms with Gasteiger partial charge in [0.05, 0.1) is 0 Å². The molecule has 1 fully saturated rings. The zero-order valence-electron chi connectivity index (χ0n) is 8.92. The summed E-state index contributed by atoms with van der Waals surface area (Å²) in [5, 5.41) is 0. The number of Topliss-reactive ketones (excluding diaryl/α,β-unsaturated/α-hetero) is 1. The van der Waals surface area contributed by atoms with E-state index < -0.39 is 0 Å². The summed E-state index contributed by atoms with van der Waals surface area (Å²) in [5.74, 6) is 0.00391. The van der Waals surface area contributed by atoms with Crippen molar-refractivity contribution in [1.29, 1.82) is 0 Å². The highest BCUT2D eigenvalue weighted by Crippen LogP contribution is 2.30. The van der Waals surface area contributed by atoms with Crippen LogP contribution in [0.4, 0.5) is 4.39 Å². The first kappa shape index (κ1) is 10.3. The summed E-state index contributed by atoms with van der Waals surface area (Å²) in [6.45, 7) is 1.74. The molecule has 1 atom stereocenters. The van der Waals surface area contributed by atoms with Crippen molar-refractivity contribution in [3.05, 3.63) is 35.1 Å². The third-order valence-electron chi connectivity index (χ3n) is 3.15. The number of hydrogen-bond acceptors (Lipinski definition) is 1. The van der Waals surface area contributed by atoms with Crippen LogP contribution in [0.25, 0.3) is 0 Å². The second-order valence-electron chi connectivity index (χ2n) is 4.27. The lowest BCUT2D eigenvalue weighted by atomic mass is 9.83. The summed E-state index contributed by atoms with van der Waals surface area (Å²) < 4.78 is 13.3. The molecule has 0 amide bonds. The first-order chi connectivity index (χ1) is 7.18. The Bertz CT molecular complexity index is 384. The molecule has 0 saturated heterocycles. The van der Waals surface area contributed by atoms with Gasteiger partial charge in [-0.3, -0.25) is 4.79 Å². The Morgan fingerprint density at radius 1 is 1.33 bits per heavy atom. The number of hydrogen-bond donors (Lipinski definition) is 0. The summed E-state index contributed by atoms with van der Waals surface area (Å²) in [5.41, 5.74) is 1.49. The van der Waals surface area contributed by atoms with Crippen LogP contribution in [0.1, 0.15) is 42.7 Å². The van der Waals surface area contributed by atoms with Crippen LogP contribution in [0.5, 0.6) is 0 Å². The Kier molecular flexibility index (Phi) is 2.85. The van der Waals surface area contributed by atoms with Crippen LogP contribution in [0.3, 0.4) is 0 Å². The lowest BCUT2D eigenvalue weighted by molar-refractivity contribution is -0.121. The number of aryl methyl sites for hydroxylation is 1. The predicted octanol–water partition coefficient (Wildman–Crippen LogP) is 3.36. The van der Waals surface area contributed by atoms with Gasteiger partial charge in [0.15, 0.2) is 0 Å². The van der Waals surface area contributed by atoms with E-state index in [1.807, 2.05) is 6.07 Å². The molecule has 0 heterocycles. The van der Waals surface area contributed by atoms with Gasteiger partial charge in [0, 0.05) is 12.3 Å². The van der Waals surface area contributed by atoms with E-state index in [-0.39, 0.29) is 17.5 Å². The molecule has 0 N–H and O–H groups in total. The lowest BCUT2D eigenvalue weighted by Gasteiger charge is -2.20. The van der Waals surface area contributed by atoms with Crippen molar-refractivity contribution in [2.75, 3.05) is 0 Å². The van der Waals surface area contributed by atoms with E-state index >= 15 is 0 Å². The zero-order chi connectivity index (χ0) is 10.8. The summed E-state index contributed by atoms with van der Waals surface area (Å²) in [6.07, 6.45) is 3.59. The van der Waals surface area contributed by atoms with Crippen LogP contribution in [-0.2, 0) is 4.79 Å². The Hall–Kier alpha value is -1.18. The average Bonchev–Trinajstić information content (AvgIpc) is 2.23. The van der Waals surface area contributed by atoms with Gasteiger partial charge in [0.2, 0.25) is 0 Å². The van der Waals surface area contributed by atoms with Crippen LogP contribution in [0.2, 0.25) is 0 Å². The van der Waals surface area contributed by atoms with Gasteiger partial charge in [-0.1, -0.05) is 18.6 Å². The van der Waals surface area contributed by atoms with E-state index in [0.29, 0.717) is 12.0 Å². The van der Waals surface area contributed by atoms with Crippen LogP contribution in [0, 0.1) is 12.7 Å². The summed E-state index contributed by atoms with van der Waals surface area (Å²) >= 11 is 0. The normalized spacial score (nSPS) is 21.7. The molecule has 0 unspecified atom stereocenters. The molecular weight excluding hydrogens is 191 g/mol. The fourth-order valence-corrected chi connectivity index (χ4v) is 2.16. The smallest absolute Gasteiger partial charge is 0.140 e. The molecule has 1 aliphatic rings. The number of halogens is 1. The van der Waals surface area contributed by atoms with E-state index in [4.69, 9.17) is 0 Å². The van der Waals surface area contributed by atoms with Gasteiger partial charge in [-0.25, -0.2) is 4.39 Å². The summed E-state index contributed by atoms with van der Waals surface area (Å²) in [7, 11) is 0. The average molecular weight is 206 g/mol. The van der Waals surface area contributed by atoms with Crippen LogP contribution in [0.15, 0.2) is 18.2 Å². The minimum Gasteiger partial charge on any atom is -0.299 e. The highest BCUT2D eigenvalue weighted by atomic mass is 19.1. The summed E-state index contributed by atoms with van der Waals surface area (Å²) in [6, 6.07) is 5.15. The largest absolute Gasteiger partial charge is 0.299 e. The Morgan fingerprint density at radius 3 is 2.80 bits per heavy atom. The van der Waals surface area contributed by atoms with E-state index in [1.54, 1.807) is 13.0 Å². The third kappa shape index (κ3) is 2.09. The van der Waals surface area contributed by atoms with Crippen molar-refractivity contribution in [2.24, 2.45) is 0 Å². The maximum Gasteiger partial charge on any atom is 0.140 e. The lowest BCUT2D eigenvalue weighted by Crippen LogP contribution is -2.17. The second kappa shape index (κ2) is 4.13. The minimum atomic E-state index is -0.203. The number of carbonyl (C=O) groups is 1. The molecule has 0 bridgehead atoms. The first-order valence-electron chi connectivity index (χ1n) is 5.47. The van der Waals surface area contributed by atoms with Crippen molar-refractivity contribution in [2.45, 2.75) is 38.5 Å². The quantitative estimate of drug-likeness (QED) is 0.688. The van der Waals surface area contributed by atoms with E-state index in [9.17, 15) is 9.18 Å². The number of rotatable bonds is 1. The molecule has 80 valence electrons. The molecule has 2 heteroatoms. The van der Waals surface area contributed by atoms with Gasteiger partial charge in [0.25, 0.3) is 0 Å². The SMILES string of the molecule is Cc1ccc([C@H]2CCCCC2=O)cc1F. The van der Waals surface area contributed by atoms with Crippen LogP contribution in [-0.4, -0.2) is 5.78 Å². The van der Waals surface area contributed by atoms with Gasteiger partial charge in [-0.05, 0) is 37.0 Å². The standard InChI is InChI=1S/C13H15FO/c1-9-6-7-10(8-12(9)14)11-4-2-3-5-13(11)15/h6-8,11H,2-5H2,1H3/t11-/m1/s1. The molecule has 1 saturated carbocycles. The highest BCUT2D eigenvalue weighted by molar-refractivity contribution is 5.86. The molecule has 1 aliphatic carbocycles. The van der Waals surface area contributed by atoms with Crippen LogP contribution >= 0.6 is 0 Å². The van der Waals surface area contributed by atoms with Crippen molar-refractivity contribution >= 4 is 5.78 Å². The topological polar surface area (TPSA) is 17.1 Å². The van der Waals surface area contributed by atoms with Crippen molar-refractivity contribution in [3.8, 4) is 0 Å². The van der Waals surface area contributed by atoms with Gasteiger partial charge < -0.3 is 0 Å². The van der Waals surface area contributed by atoms with Gasteiger partial charge >= 0.3 is 0 Å². The first-order valence-corrected chi connectivity index (χ1v) is 5.47. The Labute approximate surface area is 89.3 Å². The minimum absolute atomic E-state index is 0.0613. The maximum absolute atomic E-state index is 13.3. The Balaban J connectivity index is 2.28. The monoisotopic (exact) mass is 206 g/mol. The maximum atomic E-state index is 13.3. The van der Waals surface area contributed by atoms with Crippen LogP contribution < -0.4 is 0 Å². The highest BCUT2D eigenvalue weighted by Gasteiger charge is 2.24. The molecule has 0 aromatic heterocycles. The molecule has 15 heavy (non-hydrogen) atoms. The molecule has 1 aromatic rings. The van der Waals surface area contributed by atoms with E-state index in [1.165, 1.54) is 6.07 Å². The molecule has 0 radical (unpaired) electrons. The third-order valence-corrected chi connectivity index (χ3v) is 3.15. The fraction of sp³-hybridized carbons (Fsp3) is 0.462. The van der Waals surface area contributed by atoms with Gasteiger partial charge in [-0.15, -0.1) is 0 Å². The molecule has 1 aromatic carbocycles. The second-order valence-corrected chi connectivity index (χ2v) is 4.27. The number of ketones is 1. The Morgan fingerprint density at radius 2 is 2.13 bits per heavy atom. The fourth-order valence-electron chi connectivity index (χ4n) is 2.16. The molecule has 0 spiro atoms. The zero-order valence-corrected chi connectivity index (χ0v) is 8.92.